The van der Waals surface area contributed by atoms with Crippen LogP contribution in [0.15, 0.2) is 36.1 Å². The molecule has 0 saturated carbocycles. The van der Waals surface area contributed by atoms with Crippen LogP contribution in [0.25, 0.3) is 27.3 Å². The molecule has 0 spiro atoms. The number of thiazole rings is 1. The molecule has 2 aromatic heterocycles. The third kappa shape index (κ3) is 2.81. The number of rotatable bonds is 2. The van der Waals surface area contributed by atoms with Gasteiger partial charge in [0, 0.05) is 25.8 Å². The van der Waals surface area contributed by atoms with Crippen molar-refractivity contribution in [1.82, 2.24) is 19.7 Å². The Morgan fingerprint density at radius 1 is 1.08 bits per heavy atom. The summed E-state index contributed by atoms with van der Waals surface area (Å²) in [4.78, 5) is 4.38. The smallest absolute Gasteiger partial charge is 0.114 e. The maximum absolute atomic E-state index is 4.38. The molecule has 4 rings (SSSR count). The van der Waals surface area contributed by atoms with Crippen molar-refractivity contribution < 1.29 is 20.1 Å². The van der Waals surface area contributed by atoms with Crippen molar-refractivity contribution >= 4 is 21.6 Å². The van der Waals surface area contributed by atoms with Crippen molar-refractivity contribution in [1.29, 1.82) is 0 Å². The Hall–Kier alpha value is -1.88. The SMILES string of the molecule is Cc1cc(C)c(-n2cnnc2-c2[c-]cc3scnc3c2)c(C)c1.[Ir]. The van der Waals surface area contributed by atoms with Crippen LogP contribution in [0, 0.1) is 26.8 Å². The van der Waals surface area contributed by atoms with Crippen LogP contribution in [0.5, 0.6) is 0 Å². The number of hydrogen-bond acceptors (Lipinski definition) is 4. The molecule has 2 aromatic carbocycles. The first-order valence-electron chi connectivity index (χ1n) is 7.37. The van der Waals surface area contributed by atoms with Crippen molar-refractivity contribution in [3.05, 3.63) is 58.9 Å². The van der Waals surface area contributed by atoms with Gasteiger partial charge in [-0.1, -0.05) is 17.7 Å². The van der Waals surface area contributed by atoms with Gasteiger partial charge in [0.15, 0.2) is 0 Å². The fourth-order valence-corrected chi connectivity index (χ4v) is 3.70. The Kier molecular flexibility index (Phi) is 4.63. The first kappa shape index (κ1) is 17.0. The predicted molar refractivity (Wildman–Crippen MR) is 93.0 cm³/mol. The molecule has 4 aromatic rings. The number of hydrogen-bond donors (Lipinski definition) is 0. The van der Waals surface area contributed by atoms with Gasteiger partial charge in [-0.3, -0.25) is 4.98 Å². The van der Waals surface area contributed by atoms with Gasteiger partial charge in [-0.25, -0.2) is 0 Å². The van der Waals surface area contributed by atoms with E-state index in [-0.39, 0.29) is 20.1 Å². The second-order valence-corrected chi connectivity index (χ2v) is 6.61. The van der Waals surface area contributed by atoms with Crippen LogP contribution < -0.4 is 0 Å². The molecule has 2 heterocycles. The zero-order chi connectivity index (χ0) is 16.0. The zero-order valence-corrected chi connectivity index (χ0v) is 16.7. The molecule has 0 fully saturated rings. The minimum absolute atomic E-state index is 0. The van der Waals surface area contributed by atoms with Gasteiger partial charge in [0.2, 0.25) is 0 Å². The average Bonchev–Trinajstić information content (AvgIpc) is 3.13. The van der Waals surface area contributed by atoms with Gasteiger partial charge in [0.25, 0.3) is 0 Å². The van der Waals surface area contributed by atoms with Crippen molar-refractivity contribution in [2.75, 3.05) is 0 Å². The van der Waals surface area contributed by atoms with Crippen LogP contribution in [0.1, 0.15) is 16.7 Å². The van der Waals surface area contributed by atoms with E-state index in [2.05, 4.69) is 54.2 Å². The molecule has 0 aliphatic carbocycles. The summed E-state index contributed by atoms with van der Waals surface area (Å²) in [6.07, 6.45) is 1.76. The molecule has 0 unspecified atom stereocenters. The first-order valence-corrected chi connectivity index (χ1v) is 8.25. The summed E-state index contributed by atoms with van der Waals surface area (Å²) in [6, 6.07) is 11.7. The maximum atomic E-state index is 4.38. The van der Waals surface area contributed by atoms with Crippen LogP contribution >= 0.6 is 11.3 Å². The van der Waals surface area contributed by atoms with E-state index in [1.54, 1.807) is 17.7 Å². The minimum Gasteiger partial charge on any atom is -0.322 e. The molecule has 0 saturated heterocycles. The van der Waals surface area contributed by atoms with Crippen molar-refractivity contribution in [3.8, 4) is 17.1 Å². The van der Waals surface area contributed by atoms with Gasteiger partial charge in [-0.05, 0) is 42.1 Å². The topological polar surface area (TPSA) is 43.6 Å². The molecular formula is C18H15IrN4S-. The Bertz CT molecular complexity index is 996. The third-order valence-corrected chi connectivity index (χ3v) is 4.72. The average molecular weight is 512 g/mol. The van der Waals surface area contributed by atoms with Crippen LogP contribution in [0.3, 0.4) is 0 Å². The standard InChI is InChI=1S/C18H15N4S.Ir/c1-11-6-12(2)17(13(3)7-11)22-9-20-21-18(22)14-4-5-16-15(8-14)19-10-23-16;/h5-10H,1-3H3;/q-1;. The van der Waals surface area contributed by atoms with E-state index in [0.717, 1.165) is 27.3 Å². The zero-order valence-electron chi connectivity index (χ0n) is 13.5. The van der Waals surface area contributed by atoms with Gasteiger partial charge in [-0.2, -0.15) is 16.4 Å². The maximum Gasteiger partial charge on any atom is 0.114 e. The van der Waals surface area contributed by atoms with Crippen molar-refractivity contribution in [3.63, 3.8) is 0 Å². The van der Waals surface area contributed by atoms with E-state index in [1.807, 2.05) is 22.2 Å². The van der Waals surface area contributed by atoms with Crippen LogP contribution in [0.4, 0.5) is 0 Å². The van der Waals surface area contributed by atoms with E-state index in [1.165, 1.54) is 16.7 Å². The fourth-order valence-electron chi connectivity index (χ4n) is 3.07. The summed E-state index contributed by atoms with van der Waals surface area (Å²) < 4.78 is 3.16. The Morgan fingerprint density at radius 2 is 1.83 bits per heavy atom. The molecule has 0 amide bonds. The van der Waals surface area contributed by atoms with Gasteiger partial charge in [-0.15, -0.1) is 28.9 Å². The molecule has 1 radical (unpaired) electrons. The van der Waals surface area contributed by atoms with E-state index < -0.39 is 0 Å². The first-order chi connectivity index (χ1) is 11.1. The fraction of sp³-hybridized carbons (Fsp3) is 0.167. The molecule has 0 atom stereocenters. The molecule has 24 heavy (non-hydrogen) atoms. The summed E-state index contributed by atoms with van der Waals surface area (Å²) in [7, 11) is 0. The largest absolute Gasteiger partial charge is 0.322 e. The molecule has 0 aliphatic rings. The van der Waals surface area contributed by atoms with Crippen LogP contribution in [-0.2, 0) is 20.1 Å². The number of benzene rings is 2. The Morgan fingerprint density at radius 3 is 2.58 bits per heavy atom. The van der Waals surface area contributed by atoms with Crippen molar-refractivity contribution in [2.45, 2.75) is 20.8 Å². The predicted octanol–water partition coefficient (Wildman–Crippen LogP) is 4.27. The van der Waals surface area contributed by atoms with E-state index >= 15 is 0 Å². The van der Waals surface area contributed by atoms with Gasteiger partial charge < -0.3 is 4.57 Å². The second-order valence-electron chi connectivity index (χ2n) is 5.72. The van der Waals surface area contributed by atoms with Gasteiger partial charge in [0.1, 0.15) is 6.33 Å². The Balaban J connectivity index is 0.00000169. The molecule has 0 aliphatic heterocycles. The number of nitrogens with zero attached hydrogens (tertiary/aromatic N) is 4. The molecule has 4 nitrogen and oxygen atoms in total. The molecule has 6 heteroatoms. The quantitative estimate of drug-likeness (QED) is 0.378. The summed E-state index contributed by atoms with van der Waals surface area (Å²) in [6.45, 7) is 6.35. The molecule has 0 bridgehead atoms. The summed E-state index contributed by atoms with van der Waals surface area (Å²) in [5, 5.41) is 8.44. The number of fused-ring (bicyclic) bond motifs is 1. The minimum atomic E-state index is 0. The van der Waals surface area contributed by atoms with E-state index in [9.17, 15) is 0 Å². The van der Waals surface area contributed by atoms with Gasteiger partial charge >= 0.3 is 0 Å². The monoisotopic (exact) mass is 512 g/mol. The second kappa shape index (κ2) is 6.55. The van der Waals surface area contributed by atoms with E-state index in [4.69, 9.17) is 0 Å². The molecular weight excluding hydrogens is 497 g/mol. The summed E-state index contributed by atoms with van der Waals surface area (Å²) in [5.74, 6) is 0.787. The van der Waals surface area contributed by atoms with Crippen LogP contribution in [-0.4, -0.2) is 19.7 Å². The summed E-state index contributed by atoms with van der Waals surface area (Å²) >= 11 is 1.62. The Labute approximate surface area is 157 Å². The van der Waals surface area contributed by atoms with E-state index in [0.29, 0.717) is 0 Å². The third-order valence-electron chi connectivity index (χ3n) is 3.93. The number of aryl methyl sites for hydroxylation is 3. The summed E-state index contributed by atoms with van der Waals surface area (Å²) in [5.41, 5.74) is 8.52. The van der Waals surface area contributed by atoms with Crippen molar-refractivity contribution in [2.24, 2.45) is 0 Å². The molecule has 123 valence electrons. The molecule has 0 N–H and O–H groups in total. The van der Waals surface area contributed by atoms with Crippen LogP contribution in [0.2, 0.25) is 0 Å². The van der Waals surface area contributed by atoms with Gasteiger partial charge in [0.05, 0.1) is 11.3 Å². The normalized spacial score (nSPS) is 10.8. The number of aromatic nitrogens is 4.